The molecule has 0 spiro atoms. The molecule has 1 aliphatic heterocycles. The summed E-state index contributed by atoms with van der Waals surface area (Å²) in [5.74, 6) is 1.20. The molecule has 1 fully saturated rings. The minimum atomic E-state index is 0.607. The highest BCUT2D eigenvalue weighted by molar-refractivity contribution is 5.76. The fourth-order valence-electron chi connectivity index (χ4n) is 2.85. The predicted octanol–water partition coefficient (Wildman–Crippen LogP) is 2.57. The van der Waals surface area contributed by atoms with Gasteiger partial charge in [-0.05, 0) is 44.0 Å². The molecule has 3 rings (SSSR count). The lowest BCUT2D eigenvalue weighted by Crippen LogP contribution is -2.36. The summed E-state index contributed by atoms with van der Waals surface area (Å²) < 4.78 is 2.25. The zero-order valence-electron chi connectivity index (χ0n) is 11.2. The summed E-state index contributed by atoms with van der Waals surface area (Å²) in [6.45, 7) is 3.29. The van der Waals surface area contributed by atoms with Gasteiger partial charge in [-0.3, -0.25) is 0 Å². The van der Waals surface area contributed by atoms with Crippen LogP contribution in [0.1, 0.15) is 30.7 Å². The fourth-order valence-corrected chi connectivity index (χ4v) is 2.85. The molecule has 0 radical (unpaired) electrons. The second kappa shape index (κ2) is 4.73. The average Bonchev–Trinajstić information content (AvgIpc) is 2.68. The molecule has 1 aliphatic rings. The predicted molar refractivity (Wildman–Crippen MR) is 74.8 cm³/mol. The summed E-state index contributed by atoms with van der Waals surface area (Å²) >= 11 is 0. The lowest BCUT2D eigenvalue weighted by Gasteiger charge is -2.23. The lowest BCUT2D eigenvalue weighted by molar-refractivity contribution is 0.392. The molecule has 0 aliphatic carbocycles. The summed E-state index contributed by atoms with van der Waals surface area (Å²) in [5, 5.41) is 3.60. The van der Waals surface area contributed by atoms with Crippen molar-refractivity contribution >= 4 is 11.0 Å². The topological polar surface area (TPSA) is 29.9 Å². The highest BCUT2D eigenvalue weighted by atomic mass is 15.1. The van der Waals surface area contributed by atoms with Crippen LogP contribution in [0.5, 0.6) is 0 Å². The Hall–Kier alpha value is -1.35. The summed E-state index contributed by atoms with van der Waals surface area (Å²) in [6, 6.07) is 7.09. The number of fused-ring (bicyclic) bond motifs is 1. The first-order valence-electron chi connectivity index (χ1n) is 6.89. The number of benzene rings is 1. The third kappa shape index (κ3) is 2.15. The first kappa shape index (κ1) is 11.7. The maximum absolute atomic E-state index is 4.77. The van der Waals surface area contributed by atoms with Crippen molar-refractivity contribution in [2.24, 2.45) is 7.05 Å². The van der Waals surface area contributed by atoms with E-state index in [2.05, 4.69) is 42.1 Å². The molecule has 1 atom stereocenters. The molecule has 2 heterocycles. The van der Waals surface area contributed by atoms with Gasteiger partial charge in [0.25, 0.3) is 0 Å². The SMILES string of the molecule is Cc1ccc2nc(CC3CCCCN3)n(C)c2c1. The van der Waals surface area contributed by atoms with E-state index < -0.39 is 0 Å². The van der Waals surface area contributed by atoms with Gasteiger partial charge < -0.3 is 9.88 Å². The van der Waals surface area contributed by atoms with Gasteiger partial charge in [-0.25, -0.2) is 4.98 Å². The van der Waals surface area contributed by atoms with Gasteiger partial charge in [0, 0.05) is 19.5 Å². The molecule has 2 aromatic rings. The number of aryl methyl sites for hydroxylation is 2. The molecule has 1 N–H and O–H groups in total. The molecule has 18 heavy (non-hydrogen) atoms. The molecule has 3 nitrogen and oxygen atoms in total. The number of hydrogen-bond acceptors (Lipinski definition) is 2. The van der Waals surface area contributed by atoms with Gasteiger partial charge in [0.2, 0.25) is 0 Å². The van der Waals surface area contributed by atoms with Crippen molar-refractivity contribution in [3.63, 3.8) is 0 Å². The second-order valence-electron chi connectivity index (χ2n) is 5.43. The number of piperidine rings is 1. The van der Waals surface area contributed by atoms with Crippen LogP contribution in [0.15, 0.2) is 18.2 Å². The monoisotopic (exact) mass is 243 g/mol. The number of nitrogens with zero attached hydrogens (tertiary/aromatic N) is 2. The van der Waals surface area contributed by atoms with Crippen LogP contribution in [0.2, 0.25) is 0 Å². The summed E-state index contributed by atoms with van der Waals surface area (Å²) in [6.07, 6.45) is 4.99. The number of hydrogen-bond donors (Lipinski definition) is 1. The smallest absolute Gasteiger partial charge is 0.111 e. The van der Waals surface area contributed by atoms with Crippen molar-refractivity contribution in [2.75, 3.05) is 6.54 Å². The van der Waals surface area contributed by atoms with Crippen molar-refractivity contribution in [3.8, 4) is 0 Å². The Morgan fingerprint density at radius 2 is 2.28 bits per heavy atom. The van der Waals surface area contributed by atoms with E-state index in [1.165, 1.54) is 36.2 Å². The average molecular weight is 243 g/mol. The molecule has 1 aromatic carbocycles. The maximum Gasteiger partial charge on any atom is 0.111 e. The Bertz CT molecular complexity index is 550. The minimum absolute atomic E-state index is 0.607. The summed E-state index contributed by atoms with van der Waals surface area (Å²) in [5.41, 5.74) is 3.67. The molecular weight excluding hydrogens is 222 g/mol. The first-order chi connectivity index (χ1) is 8.74. The van der Waals surface area contributed by atoms with Gasteiger partial charge >= 0.3 is 0 Å². The van der Waals surface area contributed by atoms with Crippen LogP contribution in [0, 0.1) is 6.92 Å². The number of imidazole rings is 1. The number of nitrogens with one attached hydrogen (secondary N) is 1. The third-order valence-corrected chi connectivity index (χ3v) is 3.97. The summed E-state index contributed by atoms with van der Waals surface area (Å²) in [7, 11) is 2.13. The largest absolute Gasteiger partial charge is 0.331 e. The quantitative estimate of drug-likeness (QED) is 0.878. The van der Waals surface area contributed by atoms with Crippen molar-refractivity contribution in [1.29, 1.82) is 0 Å². The van der Waals surface area contributed by atoms with Crippen LogP contribution in [-0.2, 0) is 13.5 Å². The van der Waals surface area contributed by atoms with E-state index in [0.29, 0.717) is 6.04 Å². The molecule has 1 aromatic heterocycles. The van der Waals surface area contributed by atoms with Gasteiger partial charge in [0.15, 0.2) is 0 Å². The normalized spacial score (nSPS) is 20.4. The van der Waals surface area contributed by atoms with Gasteiger partial charge in [-0.15, -0.1) is 0 Å². The van der Waals surface area contributed by atoms with Crippen LogP contribution in [-0.4, -0.2) is 22.1 Å². The fraction of sp³-hybridized carbons (Fsp3) is 0.533. The van der Waals surface area contributed by atoms with Crippen LogP contribution in [0.3, 0.4) is 0 Å². The Morgan fingerprint density at radius 1 is 1.39 bits per heavy atom. The van der Waals surface area contributed by atoms with Crippen LogP contribution in [0.4, 0.5) is 0 Å². The Kier molecular flexibility index (Phi) is 3.08. The zero-order valence-corrected chi connectivity index (χ0v) is 11.2. The molecule has 0 saturated carbocycles. The molecule has 0 bridgehead atoms. The minimum Gasteiger partial charge on any atom is -0.331 e. The Balaban J connectivity index is 1.89. The molecule has 1 saturated heterocycles. The standard InChI is InChI=1S/C15H21N3/c1-11-6-7-13-14(9-11)18(2)15(17-13)10-12-5-3-4-8-16-12/h6-7,9,12,16H,3-5,8,10H2,1-2H3. The van der Waals surface area contributed by atoms with E-state index in [1.807, 2.05) is 0 Å². The second-order valence-corrected chi connectivity index (χ2v) is 5.43. The van der Waals surface area contributed by atoms with Crippen molar-refractivity contribution < 1.29 is 0 Å². The number of aromatic nitrogens is 2. The van der Waals surface area contributed by atoms with Gasteiger partial charge in [-0.1, -0.05) is 12.5 Å². The van der Waals surface area contributed by atoms with Crippen molar-refractivity contribution in [2.45, 2.75) is 38.6 Å². The highest BCUT2D eigenvalue weighted by Gasteiger charge is 2.16. The highest BCUT2D eigenvalue weighted by Crippen LogP contribution is 2.19. The van der Waals surface area contributed by atoms with E-state index in [9.17, 15) is 0 Å². The maximum atomic E-state index is 4.77. The summed E-state index contributed by atoms with van der Waals surface area (Å²) in [4.78, 5) is 4.77. The lowest BCUT2D eigenvalue weighted by atomic mass is 10.0. The number of rotatable bonds is 2. The first-order valence-corrected chi connectivity index (χ1v) is 6.89. The van der Waals surface area contributed by atoms with Gasteiger partial charge in [0.1, 0.15) is 5.82 Å². The Morgan fingerprint density at radius 3 is 3.06 bits per heavy atom. The molecule has 96 valence electrons. The molecular formula is C15H21N3. The van der Waals surface area contributed by atoms with E-state index in [4.69, 9.17) is 4.98 Å². The van der Waals surface area contributed by atoms with E-state index in [-0.39, 0.29) is 0 Å². The van der Waals surface area contributed by atoms with Gasteiger partial charge in [-0.2, -0.15) is 0 Å². The van der Waals surface area contributed by atoms with Crippen molar-refractivity contribution in [1.82, 2.24) is 14.9 Å². The van der Waals surface area contributed by atoms with Crippen molar-refractivity contribution in [3.05, 3.63) is 29.6 Å². The van der Waals surface area contributed by atoms with Crippen LogP contribution >= 0.6 is 0 Å². The zero-order chi connectivity index (χ0) is 12.5. The third-order valence-electron chi connectivity index (χ3n) is 3.97. The molecule has 0 amide bonds. The van der Waals surface area contributed by atoms with E-state index >= 15 is 0 Å². The van der Waals surface area contributed by atoms with E-state index in [0.717, 1.165) is 18.5 Å². The van der Waals surface area contributed by atoms with E-state index in [1.54, 1.807) is 0 Å². The van der Waals surface area contributed by atoms with Crippen LogP contribution in [0.25, 0.3) is 11.0 Å². The molecule has 3 heteroatoms. The van der Waals surface area contributed by atoms with Crippen LogP contribution < -0.4 is 5.32 Å². The van der Waals surface area contributed by atoms with Gasteiger partial charge in [0.05, 0.1) is 11.0 Å². The Labute approximate surface area is 108 Å². The molecule has 1 unspecified atom stereocenters.